The molecule has 0 bridgehead atoms. The Morgan fingerprint density at radius 2 is 1.65 bits per heavy atom. The molecule has 1 amide bonds. The quantitative estimate of drug-likeness (QED) is 0.166. The third-order valence-electron chi connectivity index (χ3n) is 4.02. The van der Waals surface area contributed by atoms with E-state index in [0.717, 1.165) is 5.56 Å². The first kappa shape index (κ1) is 29.3. The van der Waals surface area contributed by atoms with Gasteiger partial charge in [0.15, 0.2) is 0 Å². The van der Waals surface area contributed by atoms with Gasteiger partial charge in [-0.25, -0.2) is 9.34 Å². The number of thioether (sulfide) groups is 1. The number of rotatable bonds is 18. The van der Waals surface area contributed by atoms with Gasteiger partial charge in [-0.15, -0.1) is 58.2 Å². The van der Waals surface area contributed by atoms with E-state index >= 15 is 0 Å². The van der Waals surface area contributed by atoms with Gasteiger partial charge in [0, 0.05) is 74.4 Å². The number of pyridine rings is 1. The lowest BCUT2D eigenvalue weighted by molar-refractivity contribution is -0.118. The molecule has 0 saturated carbocycles. The minimum absolute atomic E-state index is 0.0890. The highest BCUT2D eigenvalue weighted by atomic mass is 35.5. The first-order valence-electron chi connectivity index (χ1n) is 9.74. The van der Waals surface area contributed by atoms with Crippen LogP contribution in [-0.2, 0) is 20.4 Å². The third-order valence-corrected chi connectivity index (χ3v) is 8.36. The van der Waals surface area contributed by atoms with Crippen LogP contribution in [-0.4, -0.2) is 88.0 Å². The van der Waals surface area contributed by atoms with Crippen molar-refractivity contribution in [2.75, 3.05) is 67.8 Å². The van der Waals surface area contributed by atoms with E-state index in [1.54, 1.807) is 21.7 Å². The van der Waals surface area contributed by atoms with Gasteiger partial charge in [0.2, 0.25) is 5.91 Å². The van der Waals surface area contributed by atoms with Gasteiger partial charge < -0.3 is 9.84 Å². The second-order valence-corrected chi connectivity index (χ2v) is 11.2. The summed E-state index contributed by atoms with van der Waals surface area (Å²) >= 11 is 25.0. The molecule has 1 N–H and O–H groups in total. The van der Waals surface area contributed by atoms with Crippen LogP contribution in [0.2, 0.25) is 0 Å². The maximum absolute atomic E-state index is 13.8. The van der Waals surface area contributed by atoms with E-state index in [1.807, 2.05) is 12.1 Å². The first-order chi connectivity index (χ1) is 15.0. The molecule has 0 aliphatic carbocycles. The van der Waals surface area contributed by atoms with E-state index in [-0.39, 0.29) is 41.8 Å². The Labute approximate surface area is 209 Å². The lowest BCUT2D eigenvalue weighted by Gasteiger charge is -2.37. The van der Waals surface area contributed by atoms with Gasteiger partial charge >= 0.3 is 7.67 Å². The maximum Gasteiger partial charge on any atom is 0.346 e. The number of carbonyl (C=O) groups excluding carboxylic acids is 1. The fourth-order valence-electron chi connectivity index (χ4n) is 2.60. The summed E-state index contributed by atoms with van der Waals surface area (Å²) in [4.78, 5) is 16.0. The van der Waals surface area contributed by atoms with Crippen molar-refractivity contribution in [3.63, 3.8) is 0 Å². The van der Waals surface area contributed by atoms with Gasteiger partial charge in [0.25, 0.3) is 0 Å². The van der Waals surface area contributed by atoms with Crippen LogP contribution in [0.1, 0.15) is 5.56 Å². The van der Waals surface area contributed by atoms with E-state index in [0.29, 0.717) is 38.5 Å². The largest absolute Gasteiger partial charge is 0.351 e. The molecule has 31 heavy (non-hydrogen) atoms. The molecule has 1 rings (SSSR count). The van der Waals surface area contributed by atoms with Crippen molar-refractivity contribution < 1.29 is 13.9 Å². The van der Waals surface area contributed by atoms with Gasteiger partial charge in [-0.1, -0.05) is 6.07 Å². The van der Waals surface area contributed by atoms with Gasteiger partial charge in [-0.3, -0.25) is 14.3 Å². The highest BCUT2D eigenvalue weighted by Crippen LogP contribution is 2.54. The zero-order chi connectivity index (χ0) is 23.0. The molecule has 13 heteroatoms. The molecular formula is C18H29Cl4N4O3PS. The first-order valence-corrected chi connectivity index (χ1v) is 14.6. The lowest BCUT2D eigenvalue weighted by Crippen LogP contribution is -2.37. The van der Waals surface area contributed by atoms with E-state index in [1.165, 1.54) is 11.8 Å². The smallest absolute Gasteiger partial charge is 0.346 e. The Kier molecular flexibility index (Phi) is 16.7. The number of alkyl halides is 4. The Morgan fingerprint density at radius 3 is 2.13 bits per heavy atom. The second-order valence-electron chi connectivity index (χ2n) is 6.18. The number of aromatic nitrogens is 1. The van der Waals surface area contributed by atoms with E-state index in [4.69, 9.17) is 50.9 Å². The molecule has 0 aromatic carbocycles. The Balaban J connectivity index is 2.57. The molecule has 0 aliphatic heterocycles. The number of carbonyl (C=O) groups is 1. The fourth-order valence-corrected chi connectivity index (χ4v) is 7.06. The van der Waals surface area contributed by atoms with Gasteiger partial charge in [0.1, 0.15) is 0 Å². The standard InChI is InChI=1S/C18H29Cl4N4O3PS/c19-3-8-25(9-4-20)30(28,26(10-5-21)11-6-22)29-12-13-31-16-18(27)24-15-17-2-1-7-23-14-17/h1-2,7,14H,3-6,8-13,15-16H2,(H,24,27). The third kappa shape index (κ3) is 11.3. The highest BCUT2D eigenvalue weighted by molar-refractivity contribution is 7.99. The number of halogens is 4. The number of nitrogens with one attached hydrogen (secondary N) is 1. The minimum atomic E-state index is -3.41. The lowest BCUT2D eigenvalue weighted by atomic mass is 10.3. The molecule has 0 radical (unpaired) electrons. The van der Waals surface area contributed by atoms with Crippen LogP contribution in [0.5, 0.6) is 0 Å². The van der Waals surface area contributed by atoms with Crippen LogP contribution in [0.3, 0.4) is 0 Å². The van der Waals surface area contributed by atoms with E-state index in [2.05, 4.69) is 10.3 Å². The van der Waals surface area contributed by atoms with Crippen molar-refractivity contribution in [2.24, 2.45) is 0 Å². The number of nitrogens with zero attached hydrogens (tertiary/aromatic N) is 3. The Morgan fingerprint density at radius 1 is 1.06 bits per heavy atom. The highest BCUT2D eigenvalue weighted by Gasteiger charge is 2.37. The second kappa shape index (κ2) is 17.7. The van der Waals surface area contributed by atoms with Crippen molar-refractivity contribution in [3.05, 3.63) is 30.1 Å². The molecule has 7 nitrogen and oxygen atoms in total. The average molecular weight is 554 g/mol. The summed E-state index contributed by atoms with van der Waals surface area (Å²) in [6.45, 7) is 2.05. The predicted octanol–water partition coefficient (Wildman–Crippen LogP) is 4.11. The number of amides is 1. The van der Waals surface area contributed by atoms with E-state index in [9.17, 15) is 9.36 Å². The zero-order valence-electron chi connectivity index (χ0n) is 17.2. The van der Waals surface area contributed by atoms with Crippen LogP contribution in [0.25, 0.3) is 0 Å². The average Bonchev–Trinajstić information content (AvgIpc) is 2.77. The molecular weight excluding hydrogens is 525 g/mol. The van der Waals surface area contributed by atoms with Crippen LogP contribution in [0.4, 0.5) is 0 Å². The van der Waals surface area contributed by atoms with Crippen LogP contribution in [0.15, 0.2) is 24.5 Å². The molecule has 178 valence electrons. The molecule has 0 atom stereocenters. The minimum Gasteiger partial charge on any atom is -0.351 e. The summed E-state index contributed by atoms with van der Waals surface area (Å²) in [6, 6.07) is 3.72. The summed E-state index contributed by atoms with van der Waals surface area (Å²) < 4.78 is 23.0. The molecule has 1 aromatic heterocycles. The normalized spacial score (nSPS) is 11.9. The molecule has 0 fully saturated rings. The summed E-state index contributed by atoms with van der Waals surface area (Å²) in [7, 11) is -3.41. The van der Waals surface area contributed by atoms with Crippen molar-refractivity contribution in [3.8, 4) is 0 Å². The monoisotopic (exact) mass is 552 g/mol. The Hall–Kier alpha value is 0.240. The number of hydrogen-bond donors (Lipinski definition) is 1. The summed E-state index contributed by atoms with van der Waals surface area (Å²) in [5.41, 5.74) is 0.933. The molecule has 1 aromatic rings. The Bertz CT molecular complexity index is 634. The zero-order valence-corrected chi connectivity index (χ0v) is 22.0. The van der Waals surface area contributed by atoms with Crippen LogP contribution in [0, 0.1) is 0 Å². The van der Waals surface area contributed by atoms with Gasteiger partial charge in [-0.2, -0.15) is 0 Å². The van der Waals surface area contributed by atoms with Crippen molar-refractivity contribution in [1.82, 2.24) is 19.6 Å². The van der Waals surface area contributed by atoms with Gasteiger partial charge in [0.05, 0.1) is 12.4 Å². The molecule has 0 unspecified atom stereocenters. The van der Waals surface area contributed by atoms with Crippen LogP contribution < -0.4 is 5.32 Å². The fraction of sp³-hybridized carbons (Fsp3) is 0.667. The van der Waals surface area contributed by atoms with Crippen molar-refractivity contribution in [1.29, 1.82) is 0 Å². The maximum atomic E-state index is 13.8. The SMILES string of the molecule is O=C(CSCCOP(=O)(N(CCCl)CCCl)N(CCCl)CCCl)NCc1cccnc1. The van der Waals surface area contributed by atoms with Crippen molar-refractivity contribution >= 4 is 71.7 Å². The summed E-state index contributed by atoms with van der Waals surface area (Å²) in [5, 5.41) is 2.84. The molecule has 0 saturated heterocycles. The van der Waals surface area contributed by atoms with Crippen molar-refractivity contribution in [2.45, 2.75) is 6.54 Å². The van der Waals surface area contributed by atoms with Crippen LogP contribution >= 0.6 is 65.8 Å². The summed E-state index contributed by atoms with van der Waals surface area (Å²) in [6.07, 6.45) is 3.39. The molecule has 1 heterocycles. The summed E-state index contributed by atoms with van der Waals surface area (Å²) in [5.74, 6) is 1.81. The van der Waals surface area contributed by atoms with E-state index < -0.39 is 7.67 Å². The molecule has 0 spiro atoms. The van der Waals surface area contributed by atoms with Gasteiger partial charge in [-0.05, 0) is 11.6 Å². The predicted molar refractivity (Wildman–Crippen MR) is 133 cm³/mol. The topological polar surface area (TPSA) is 74.8 Å². The molecule has 0 aliphatic rings. The number of hydrogen-bond acceptors (Lipinski definition) is 5.